The first-order valence-corrected chi connectivity index (χ1v) is 11.3. The number of benzene rings is 4. The van der Waals surface area contributed by atoms with E-state index in [0.29, 0.717) is 0 Å². The van der Waals surface area contributed by atoms with Gasteiger partial charge in [0.05, 0.1) is 0 Å². The Balaban J connectivity index is 1.31. The largest absolute Gasteiger partial charge is 0.375 e. The molecular formula is C27H28N2S. The highest BCUT2D eigenvalue weighted by Gasteiger charge is 2.05. The second-order valence-electron chi connectivity index (χ2n) is 7.51. The summed E-state index contributed by atoms with van der Waals surface area (Å²) in [5.74, 6) is 0. The molecule has 0 atom stereocenters. The van der Waals surface area contributed by atoms with Gasteiger partial charge >= 0.3 is 0 Å². The molecule has 0 heterocycles. The molecule has 0 fully saturated rings. The van der Waals surface area contributed by atoms with Gasteiger partial charge in [-0.05, 0) is 59.6 Å². The first kappa shape index (κ1) is 20.5. The molecule has 0 saturated heterocycles. The van der Waals surface area contributed by atoms with E-state index in [-0.39, 0.29) is 0 Å². The number of rotatable bonds is 9. The van der Waals surface area contributed by atoms with Crippen LogP contribution in [0.3, 0.4) is 0 Å². The molecule has 2 nitrogen and oxygen atoms in total. The summed E-state index contributed by atoms with van der Waals surface area (Å²) in [7, 11) is 2.16. The van der Waals surface area contributed by atoms with Crippen LogP contribution in [0.25, 0.3) is 10.8 Å². The van der Waals surface area contributed by atoms with Crippen LogP contribution in [0.2, 0.25) is 0 Å². The number of fused-ring (bicyclic) bond motifs is 1. The molecule has 0 saturated carbocycles. The summed E-state index contributed by atoms with van der Waals surface area (Å²) < 4.78 is 0. The highest BCUT2D eigenvalue weighted by molar-refractivity contribution is 7.99. The Morgan fingerprint density at radius 3 is 2.37 bits per heavy atom. The molecule has 4 rings (SSSR count). The number of nitrogens with zero attached hydrogens (tertiary/aromatic N) is 1. The van der Waals surface area contributed by atoms with Crippen molar-refractivity contribution in [1.82, 2.24) is 5.32 Å². The van der Waals surface area contributed by atoms with Crippen molar-refractivity contribution in [3.63, 3.8) is 0 Å². The van der Waals surface area contributed by atoms with Crippen LogP contribution in [0.15, 0.2) is 107 Å². The molecule has 1 N–H and O–H groups in total. The summed E-state index contributed by atoms with van der Waals surface area (Å²) in [5.41, 5.74) is 2.63. The van der Waals surface area contributed by atoms with E-state index in [9.17, 15) is 0 Å². The van der Waals surface area contributed by atoms with Crippen molar-refractivity contribution in [3.8, 4) is 0 Å². The zero-order valence-corrected chi connectivity index (χ0v) is 18.2. The number of hydrogen-bond donors (Lipinski definition) is 1. The van der Waals surface area contributed by atoms with E-state index in [4.69, 9.17) is 0 Å². The predicted octanol–water partition coefficient (Wildman–Crippen LogP) is 6.61. The van der Waals surface area contributed by atoms with Gasteiger partial charge in [-0.1, -0.05) is 78.5 Å². The Morgan fingerprint density at radius 1 is 0.767 bits per heavy atom. The molecule has 0 radical (unpaired) electrons. The van der Waals surface area contributed by atoms with Gasteiger partial charge in [-0.15, -0.1) is 0 Å². The molecule has 4 aromatic carbocycles. The average Bonchev–Trinajstić information content (AvgIpc) is 2.80. The quantitative estimate of drug-likeness (QED) is 0.312. The van der Waals surface area contributed by atoms with Crippen molar-refractivity contribution in [3.05, 3.63) is 103 Å². The van der Waals surface area contributed by atoms with E-state index in [0.717, 1.165) is 26.1 Å². The van der Waals surface area contributed by atoms with Gasteiger partial charge in [0.15, 0.2) is 0 Å². The zero-order valence-electron chi connectivity index (χ0n) is 17.4. The van der Waals surface area contributed by atoms with Crippen molar-refractivity contribution < 1.29 is 0 Å². The lowest BCUT2D eigenvalue weighted by Crippen LogP contribution is -2.23. The van der Waals surface area contributed by atoms with Crippen LogP contribution >= 0.6 is 11.8 Å². The molecule has 0 aliphatic heterocycles. The van der Waals surface area contributed by atoms with E-state index >= 15 is 0 Å². The van der Waals surface area contributed by atoms with Crippen molar-refractivity contribution in [1.29, 1.82) is 0 Å². The predicted molar refractivity (Wildman–Crippen MR) is 131 cm³/mol. The van der Waals surface area contributed by atoms with E-state index in [1.807, 2.05) is 11.8 Å². The fourth-order valence-corrected chi connectivity index (χ4v) is 4.58. The van der Waals surface area contributed by atoms with Gasteiger partial charge in [0.1, 0.15) is 0 Å². The maximum absolute atomic E-state index is 3.62. The second kappa shape index (κ2) is 10.3. The van der Waals surface area contributed by atoms with Crippen LogP contribution in [-0.4, -0.2) is 20.1 Å². The maximum Gasteiger partial charge on any atom is 0.0363 e. The van der Waals surface area contributed by atoms with Gasteiger partial charge in [0.25, 0.3) is 0 Å². The molecule has 0 spiro atoms. The van der Waals surface area contributed by atoms with Crippen LogP contribution in [0.4, 0.5) is 5.69 Å². The number of hydrogen-bond acceptors (Lipinski definition) is 3. The standard InChI is InChI=1S/C27H28N2S/c1-29(25-13-3-2-4-14-25)19-9-18-28-21-24-12-7-8-15-27(24)30-26-17-16-22-10-5-6-11-23(22)20-26/h2-8,10-17,20,28H,9,18-19,21H2,1H3. The number of nitrogens with one attached hydrogen (secondary N) is 1. The van der Waals surface area contributed by atoms with Gasteiger partial charge in [0, 0.05) is 35.6 Å². The molecule has 0 aliphatic rings. The Hall–Kier alpha value is -2.75. The molecule has 0 unspecified atom stereocenters. The van der Waals surface area contributed by atoms with Gasteiger partial charge in [-0.2, -0.15) is 0 Å². The molecule has 0 aliphatic carbocycles. The lowest BCUT2D eigenvalue weighted by Gasteiger charge is -2.19. The first-order chi connectivity index (χ1) is 14.8. The first-order valence-electron chi connectivity index (χ1n) is 10.5. The molecule has 0 amide bonds. The molecular weight excluding hydrogens is 384 g/mol. The third-order valence-electron chi connectivity index (χ3n) is 5.28. The van der Waals surface area contributed by atoms with Crippen molar-refractivity contribution >= 4 is 28.2 Å². The average molecular weight is 413 g/mol. The fourth-order valence-electron chi connectivity index (χ4n) is 3.58. The summed E-state index contributed by atoms with van der Waals surface area (Å²) in [5, 5.41) is 6.21. The summed E-state index contributed by atoms with van der Waals surface area (Å²) in [6.45, 7) is 2.95. The molecule has 0 aromatic heterocycles. The molecule has 3 heteroatoms. The van der Waals surface area contributed by atoms with Gasteiger partial charge in [-0.25, -0.2) is 0 Å². The second-order valence-corrected chi connectivity index (χ2v) is 8.62. The highest BCUT2D eigenvalue weighted by atomic mass is 32.2. The zero-order chi connectivity index (χ0) is 20.6. The van der Waals surface area contributed by atoms with E-state index in [1.165, 1.54) is 31.8 Å². The lowest BCUT2D eigenvalue weighted by atomic mass is 10.1. The number of anilines is 1. The Morgan fingerprint density at radius 2 is 1.50 bits per heavy atom. The SMILES string of the molecule is CN(CCCNCc1ccccc1Sc1ccc2ccccc2c1)c1ccccc1. The summed E-state index contributed by atoms with van der Waals surface area (Å²) >= 11 is 1.85. The molecule has 30 heavy (non-hydrogen) atoms. The van der Waals surface area contributed by atoms with Gasteiger partial charge in [-0.3, -0.25) is 0 Å². The van der Waals surface area contributed by atoms with Crippen LogP contribution in [0, 0.1) is 0 Å². The monoisotopic (exact) mass is 412 g/mol. The van der Waals surface area contributed by atoms with E-state index in [1.54, 1.807) is 0 Å². The minimum Gasteiger partial charge on any atom is -0.375 e. The van der Waals surface area contributed by atoms with Crippen LogP contribution in [0.5, 0.6) is 0 Å². The minimum absolute atomic E-state index is 0.895. The Labute approximate surface area is 183 Å². The van der Waals surface area contributed by atoms with Crippen molar-refractivity contribution in [2.75, 3.05) is 25.0 Å². The molecule has 0 bridgehead atoms. The summed E-state index contributed by atoms with van der Waals surface area (Å²) in [6.07, 6.45) is 1.12. The van der Waals surface area contributed by atoms with Crippen LogP contribution in [-0.2, 0) is 6.54 Å². The van der Waals surface area contributed by atoms with Crippen molar-refractivity contribution in [2.24, 2.45) is 0 Å². The summed E-state index contributed by atoms with van der Waals surface area (Å²) in [4.78, 5) is 4.91. The minimum atomic E-state index is 0.895. The van der Waals surface area contributed by atoms with E-state index < -0.39 is 0 Å². The van der Waals surface area contributed by atoms with Crippen molar-refractivity contribution in [2.45, 2.75) is 22.8 Å². The topological polar surface area (TPSA) is 15.3 Å². The van der Waals surface area contributed by atoms with Crippen LogP contribution < -0.4 is 10.2 Å². The van der Waals surface area contributed by atoms with Gasteiger partial charge < -0.3 is 10.2 Å². The highest BCUT2D eigenvalue weighted by Crippen LogP contribution is 2.32. The number of para-hydroxylation sites is 1. The lowest BCUT2D eigenvalue weighted by molar-refractivity contribution is 0.641. The Bertz CT molecular complexity index is 1080. The molecule has 4 aromatic rings. The third-order valence-corrected chi connectivity index (χ3v) is 6.39. The smallest absolute Gasteiger partial charge is 0.0363 e. The van der Waals surface area contributed by atoms with Crippen LogP contribution in [0.1, 0.15) is 12.0 Å². The summed E-state index contributed by atoms with van der Waals surface area (Å²) in [6, 6.07) is 34.5. The molecule has 152 valence electrons. The Kier molecular flexibility index (Phi) is 7.07. The third kappa shape index (κ3) is 5.44. The van der Waals surface area contributed by atoms with Gasteiger partial charge in [0.2, 0.25) is 0 Å². The normalized spacial score (nSPS) is 11.0. The maximum atomic E-state index is 3.62. The van der Waals surface area contributed by atoms with E-state index in [2.05, 4.69) is 114 Å². The fraction of sp³-hybridized carbons (Fsp3) is 0.185.